The van der Waals surface area contributed by atoms with Crippen LogP contribution in [-0.2, 0) is 4.74 Å². The normalized spacial score (nSPS) is 18.4. The fraction of sp³-hybridized carbons (Fsp3) is 1.00. The molecule has 0 amide bonds. The summed E-state index contributed by atoms with van der Waals surface area (Å²) >= 11 is 0. The Labute approximate surface area is 167 Å². The molecule has 0 aromatic carbocycles. The number of nitrogens with zero attached hydrogens (tertiary/aromatic N) is 1. The van der Waals surface area contributed by atoms with Crippen LogP contribution in [0.25, 0.3) is 0 Å². The van der Waals surface area contributed by atoms with Gasteiger partial charge >= 0.3 is 0 Å². The summed E-state index contributed by atoms with van der Waals surface area (Å²) in [7, 11) is 4.16. The Balaban J connectivity index is 0.00000277. The van der Waals surface area contributed by atoms with Crippen molar-refractivity contribution in [3.05, 3.63) is 0 Å². The second kappa shape index (κ2) is 14.6. The lowest BCUT2D eigenvalue weighted by Gasteiger charge is -2.31. The van der Waals surface area contributed by atoms with Gasteiger partial charge in [0.05, 0.1) is 12.2 Å². The Morgan fingerprint density at radius 2 is 1.64 bits per heavy atom. The SMILES string of the molecule is CC.CCCCCCCCSSC(C)(C)CN1CCOC(C)(C)CC1. The van der Waals surface area contributed by atoms with Gasteiger partial charge in [0.15, 0.2) is 0 Å². The van der Waals surface area contributed by atoms with Crippen molar-refractivity contribution < 1.29 is 4.74 Å². The molecule has 0 atom stereocenters. The summed E-state index contributed by atoms with van der Waals surface area (Å²) in [5.74, 6) is 1.30. The summed E-state index contributed by atoms with van der Waals surface area (Å²) in [6, 6.07) is 0. The van der Waals surface area contributed by atoms with E-state index in [9.17, 15) is 0 Å². The number of rotatable bonds is 11. The maximum Gasteiger partial charge on any atom is 0.0639 e. The minimum Gasteiger partial charge on any atom is -0.374 e. The van der Waals surface area contributed by atoms with Crippen molar-refractivity contribution in [2.75, 3.05) is 32.0 Å². The van der Waals surface area contributed by atoms with Gasteiger partial charge in [-0.25, -0.2) is 0 Å². The average Bonchev–Trinajstić information content (AvgIpc) is 2.72. The Morgan fingerprint density at radius 3 is 2.32 bits per heavy atom. The molecule has 152 valence electrons. The Kier molecular flexibility index (Phi) is 15.0. The van der Waals surface area contributed by atoms with Gasteiger partial charge in [0.25, 0.3) is 0 Å². The Morgan fingerprint density at radius 1 is 1.00 bits per heavy atom. The van der Waals surface area contributed by atoms with E-state index in [1.807, 2.05) is 13.8 Å². The average molecular weight is 392 g/mol. The molecule has 1 aliphatic rings. The highest BCUT2D eigenvalue weighted by atomic mass is 33.1. The molecule has 1 fully saturated rings. The maximum absolute atomic E-state index is 5.93. The van der Waals surface area contributed by atoms with Gasteiger partial charge < -0.3 is 4.74 Å². The molecule has 25 heavy (non-hydrogen) atoms. The van der Waals surface area contributed by atoms with Gasteiger partial charge in [-0.3, -0.25) is 4.90 Å². The van der Waals surface area contributed by atoms with Gasteiger partial charge in [-0.15, -0.1) is 0 Å². The van der Waals surface area contributed by atoms with Crippen LogP contribution in [0, 0.1) is 0 Å². The van der Waals surface area contributed by atoms with Crippen molar-refractivity contribution in [2.45, 2.75) is 104 Å². The zero-order chi connectivity index (χ0) is 19.2. The summed E-state index contributed by atoms with van der Waals surface area (Å²) in [5.41, 5.74) is 0.0541. The molecule has 1 heterocycles. The van der Waals surface area contributed by atoms with Crippen LogP contribution >= 0.6 is 21.6 Å². The molecule has 0 aliphatic carbocycles. The number of hydrogen-bond acceptors (Lipinski definition) is 4. The first-order valence-corrected chi connectivity index (χ1v) is 12.8. The molecule has 1 saturated heterocycles. The van der Waals surface area contributed by atoms with Crippen LogP contribution in [0.2, 0.25) is 0 Å². The fourth-order valence-electron chi connectivity index (χ4n) is 2.93. The van der Waals surface area contributed by atoms with Crippen molar-refractivity contribution >= 4 is 21.6 Å². The van der Waals surface area contributed by atoms with E-state index in [-0.39, 0.29) is 5.60 Å². The quantitative estimate of drug-likeness (QED) is 0.276. The van der Waals surface area contributed by atoms with Crippen molar-refractivity contribution in [2.24, 2.45) is 0 Å². The standard InChI is InChI=1S/C19H39NOS2.C2H6/c1-6-7-8-9-10-11-16-22-23-19(4,5)17-20-13-12-18(2,3)21-15-14-20;1-2/h6-17H2,1-5H3;1-2H3. The predicted octanol–water partition coefficient (Wildman–Crippen LogP) is 7.03. The largest absolute Gasteiger partial charge is 0.374 e. The summed E-state index contributed by atoms with van der Waals surface area (Å²) in [5, 5.41) is 0. The highest BCUT2D eigenvalue weighted by molar-refractivity contribution is 8.77. The Hall–Kier alpha value is 0.620. The molecule has 0 aromatic rings. The molecular weight excluding hydrogens is 346 g/mol. The van der Waals surface area contributed by atoms with E-state index in [4.69, 9.17) is 4.74 Å². The highest BCUT2D eigenvalue weighted by Gasteiger charge is 2.28. The smallest absolute Gasteiger partial charge is 0.0639 e. The van der Waals surface area contributed by atoms with Gasteiger partial charge in [-0.1, -0.05) is 74.5 Å². The van der Waals surface area contributed by atoms with Crippen molar-refractivity contribution in [3.8, 4) is 0 Å². The first kappa shape index (κ1) is 25.6. The number of hydrogen-bond donors (Lipinski definition) is 0. The van der Waals surface area contributed by atoms with Gasteiger partial charge in [0.1, 0.15) is 0 Å². The van der Waals surface area contributed by atoms with Crippen LogP contribution in [0.3, 0.4) is 0 Å². The molecule has 2 nitrogen and oxygen atoms in total. The summed E-state index contributed by atoms with van der Waals surface area (Å²) < 4.78 is 6.26. The third kappa shape index (κ3) is 14.4. The molecule has 1 rings (SSSR count). The summed E-state index contributed by atoms with van der Waals surface area (Å²) in [6.07, 6.45) is 9.52. The lowest BCUT2D eigenvalue weighted by molar-refractivity contribution is -0.00861. The highest BCUT2D eigenvalue weighted by Crippen LogP contribution is 2.37. The van der Waals surface area contributed by atoms with Gasteiger partial charge in [0.2, 0.25) is 0 Å². The van der Waals surface area contributed by atoms with Gasteiger partial charge in [-0.2, -0.15) is 0 Å². The molecule has 0 bridgehead atoms. The third-order valence-electron chi connectivity index (χ3n) is 4.40. The molecule has 4 heteroatoms. The van der Waals surface area contributed by atoms with Gasteiger partial charge in [0, 0.05) is 30.1 Å². The number of ether oxygens (including phenoxy) is 1. The fourth-order valence-corrected chi connectivity index (χ4v) is 5.61. The number of unbranched alkanes of at least 4 members (excludes halogenated alkanes) is 5. The van der Waals surface area contributed by atoms with E-state index < -0.39 is 0 Å². The third-order valence-corrected chi connectivity index (χ3v) is 7.76. The first-order chi connectivity index (χ1) is 11.8. The maximum atomic E-state index is 5.93. The van der Waals surface area contributed by atoms with E-state index in [2.05, 4.69) is 61.1 Å². The summed E-state index contributed by atoms with van der Waals surface area (Å²) in [6.45, 7) is 19.8. The van der Waals surface area contributed by atoms with Crippen LogP contribution < -0.4 is 0 Å². The molecule has 0 unspecified atom stereocenters. The molecule has 0 N–H and O–H groups in total. The molecule has 0 radical (unpaired) electrons. The van der Waals surface area contributed by atoms with E-state index in [0.29, 0.717) is 4.75 Å². The van der Waals surface area contributed by atoms with Crippen LogP contribution in [0.1, 0.15) is 93.4 Å². The molecule has 0 aromatic heterocycles. The minimum atomic E-state index is 0.0541. The van der Waals surface area contributed by atoms with Crippen molar-refractivity contribution in [3.63, 3.8) is 0 Å². The topological polar surface area (TPSA) is 12.5 Å². The van der Waals surface area contributed by atoms with E-state index in [0.717, 1.165) is 19.6 Å². The van der Waals surface area contributed by atoms with Crippen molar-refractivity contribution in [1.29, 1.82) is 0 Å². The van der Waals surface area contributed by atoms with Gasteiger partial charge in [-0.05, 0) is 40.5 Å². The summed E-state index contributed by atoms with van der Waals surface area (Å²) in [4.78, 5) is 2.59. The molecular formula is C21H45NOS2. The molecule has 1 aliphatic heterocycles. The van der Waals surface area contributed by atoms with Crippen LogP contribution in [0.4, 0.5) is 0 Å². The van der Waals surface area contributed by atoms with E-state index >= 15 is 0 Å². The van der Waals surface area contributed by atoms with E-state index in [1.54, 1.807) is 0 Å². The van der Waals surface area contributed by atoms with Crippen LogP contribution in [-0.4, -0.2) is 47.2 Å². The lowest BCUT2D eigenvalue weighted by atomic mass is 10.1. The van der Waals surface area contributed by atoms with E-state index in [1.165, 1.54) is 57.4 Å². The predicted molar refractivity (Wildman–Crippen MR) is 120 cm³/mol. The lowest BCUT2D eigenvalue weighted by Crippen LogP contribution is -2.38. The Bertz CT molecular complexity index is 308. The van der Waals surface area contributed by atoms with Crippen LogP contribution in [0.5, 0.6) is 0 Å². The monoisotopic (exact) mass is 391 g/mol. The first-order valence-electron chi connectivity index (χ1n) is 10.5. The second-order valence-electron chi connectivity index (χ2n) is 8.07. The minimum absolute atomic E-state index is 0.0541. The molecule has 0 saturated carbocycles. The van der Waals surface area contributed by atoms with Crippen LogP contribution in [0.15, 0.2) is 0 Å². The molecule has 0 spiro atoms. The zero-order valence-electron chi connectivity index (χ0n) is 18.2. The van der Waals surface area contributed by atoms with Crippen molar-refractivity contribution in [1.82, 2.24) is 4.90 Å². The second-order valence-corrected chi connectivity index (χ2v) is 11.2. The zero-order valence-corrected chi connectivity index (χ0v) is 19.8.